The van der Waals surface area contributed by atoms with E-state index >= 15 is 0 Å². The summed E-state index contributed by atoms with van der Waals surface area (Å²) in [6.45, 7) is 11.1. The molecule has 2 N–H and O–H groups in total. The van der Waals surface area contributed by atoms with Gasteiger partial charge in [-0.1, -0.05) is 6.07 Å². The van der Waals surface area contributed by atoms with Gasteiger partial charge in [0.25, 0.3) is 0 Å². The largest absolute Gasteiger partial charge is 0.326 e. The summed E-state index contributed by atoms with van der Waals surface area (Å²) >= 11 is 0. The van der Waals surface area contributed by atoms with Crippen LogP contribution in [0.25, 0.3) is 0 Å². The predicted molar refractivity (Wildman–Crippen MR) is 76.9 cm³/mol. The fraction of sp³-hybridized carbons (Fsp3) is 0.533. The molecule has 0 aliphatic heterocycles. The molecule has 1 aromatic carbocycles. The van der Waals surface area contributed by atoms with E-state index in [2.05, 4.69) is 38.3 Å². The highest BCUT2D eigenvalue weighted by molar-refractivity contribution is 5.90. The van der Waals surface area contributed by atoms with Gasteiger partial charge in [0.15, 0.2) is 0 Å². The molecule has 3 nitrogen and oxygen atoms in total. The molecule has 0 aliphatic carbocycles. The molecule has 3 heteroatoms. The summed E-state index contributed by atoms with van der Waals surface area (Å²) in [5, 5.41) is 6.22. The Morgan fingerprint density at radius 3 is 2.39 bits per heavy atom. The van der Waals surface area contributed by atoms with E-state index in [1.165, 1.54) is 11.1 Å². The Labute approximate surface area is 110 Å². The number of nitrogens with one attached hydrogen (secondary N) is 2. The van der Waals surface area contributed by atoms with Gasteiger partial charge in [0, 0.05) is 24.2 Å². The summed E-state index contributed by atoms with van der Waals surface area (Å²) in [6.07, 6.45) is 0.490. The molecule has 1 aromatic rings. The number of aryl methyl sites for hydroxylation is 2. The quantitative estimate of drug-likeness (QED) is 0.860. The van der Waals surface area contributed by atoms with E-state index in [-0.39, 0.29) is 11.4 Å². The fourth-order valence-corrected chi connectivity index (χ4v) is 1.59. The summed E-state index contributed by atoms with van der Waals surface area (Å²) < 4.78 is 0. The summed E-state index contributed by atoms with van der Waals surface area (Å²) in [4.78, 5) is 11.7. The minimum atomic E-state index is 0.0509. The normalized spacial score (nSPS) is 11.4. The van der Waals surface area contributed by atoms with Gasteiger partial charge in [0.1, 0.15) is 0 Å². The van der Waals surface area contributed by atoms with Crippen molar-refractivity contribution in [2.45, 2.75) is 46.6 Å². The van der Waals surface area contributed by atoms with Crippen LogP contribution in [0.2, 0.25) is 0 Å². The molecule has 0 aromatic heterocycles. The van der Waals surface area contributed by atoms with Gasteiger partial charge in [-0.3, -0.25) is 4.79 Å². The Hall–Kier alpha value is -1.35. The summed E-state index contributed by atoms with van der Waals surface area (Å²) in [5.41, 5.74) is 3.36. The SMILES string of the molecule is Cc1ccc(NC(=O)CCNC(C)(C)C)cc1C. The maximum absolute atomic E-state index is 11.7. The zero-order valence-electron chi connectivity index (χ0n) is 12.1. The van der Waals surface area contributed by atoms with Crippen molar-refractivity contribution in [2.24, 2.45) is 0 Å². The van der Waals surface area contributed by atoms with Crippen LogP contribution in [0.1, 0.15) is 38.3 Å². The Bertz CT molecular complexity index is 419. The molecule has 0 spiro atoms. The average Bonchev–Trinajstić information content (AvgIpc) is 2.21. The molecular weight excluding hydrogens is 224 g/mol. The summed E-state index contributed by atoms with van der Waals surface area (Å²) in [5.74, 6) is 0.0509. The molecule has 1 amide bonds. The molecule has 100 valence electrons. The molecule has 0 saturated heterocycles. The Morgan fingerprint density at radius 1 is 1.17 bits per heavy atom. The van der Waals surface area contributed by atoms with E-state index in [1.54, 1.807) is 0 Å². The minimum absolute atomic E-state index is 0.0509. The van der Waals surface area contributed by atoms with Crippen molar-refractivity contribution in [1.29, 1.82) is 0 Å². The zero-order chi connectivity index (χ0) is 13.8. The zero-order valence-corrected chi connectivity index (χ0v) is 12.1. The number of rotatable bonds is 4. The van der Waals surface area contributed by atoms with Crippen molar-refractivity contribution in [3.8, 4) is 0 Å². The molecule has 18 heavy (non-hydrogen) atoms. The Balaban J connectivity index is 2.42. The number of amides is 1. The standard InChI is InChI=1S/C15H24N2O/c1-11-6-7-13(10-12(11)2)17-14(18)8-9-16-15(3,4)5/h6-7,10,16H,8-9H2,1-5H3,(H,17,18). The van der Waals surface area contributed by atoms with Crippen LogP contribution in [0, 0.1) is 13.8 Å². The Morgan fingerprint density at radius 2 is 1.83 bits per heavy atom. The van der Waals surface area contributed by atoms with Crippen molar-refractivity contribution >= 4 is 11.6 Å². The Kier molecular flexibility index (Phi) is 4.91. The fourth-order valence-electron chi connectivity index (χ4n) is 1.59. The third kappa shape index (κ3) is 5.32. The van der Waals surface area contributed by atoms with Gasteiger partial charge in [0.2, 0.25) is 5.91 Å². The lowest BCUT2D eigenvalue weighted by molar-refractivity contribution is -0.116. The second-order valence-electron chi connectivity index (χ2n) is 5.77. The van der Waals surface area contributed by atoms with Gasteiger partial charge in [-0.2, -0.15) is 0 Å². The number of carbonyl (C=O) groups is 1. The van der Waals surface area contributed by atoms with Crippen LogP contribution in [-0.2, 0) is 4.79 Å². The third-order valence-electron chi connectivity index (χ3n) is 2.80. The van der Waals surface area contributed by atoms with Crippen LogP contribution in [0.3, 0.4) is 0 Å². The van der Waals surface area contributed by atoms with Crippen molar-refractivity contribution in [2.75, 3.05) is 11.9 Å². The first-order valence-corrected chi connectivity index (χ1v) is 6.40. The van der Waals surface area contributed by atoms with Crippen LogP contribution in [-0.4, -0.2) is 18.0 Å². The second kappa shape index (κ2) is 6.01. The topological polar surface area (TPSA) is 41.1 Å². The molecule has 0 aliphatic rings. The molecule has 0 heterocycles. The maximum atomic E-state index is 11.7. The number of carbonyl (C=O) groups excluding carboxylic acids is 1. The monoisotopic (exact) mass is 248 g/mol. The molecule has 0 fully saturated rings. The van der Waals surface area contributed by atoms with Crippen molar-refractivity contribution < 1.29 is 4.79 Å². The molecule has 0 saturated carbocycles. The second-order valence-corrected chi connectivity index (χ2v) is 5.77. The first-order valence-electron chi connectivity index (χ1n) is 6.40. The lowest BCUT2D eigenvalue weighted by atomic mass is 10.1. The minimum Gasteiger partial charge on any atom is -0.326 e. The highest BCUT2D eigenvalue weighted by Gasteiger charge is 2.09. The van der Waals surface area contributed by atoms with E-state index in [1.807, 2.05) is 25.1 Å². The van der Waals surface area contributed by atoms with Crippen LogP contribution < -0.4 is 10.6 Å². The van der Waals surface area contributed by atoms with Gasteiger partial charge in [-0.15, -0.1) is 0 Å². The van der Waals surface area contributed by atoms with E-state index in [4.69, 9.17) is 0 Å². The molecule has 0 atom stereocenters. The third-order valence-corrected chi connectivity index (χ3v) is 2.80. The highest BCUT2D eigenvalue weighted by atomic mass is 16.1. The molecule has 1 rings (SSSR count). The molecule has 0 radical (unpaired) electrons. The van der Waals surface area contributed by atoms with Crippen molar-refractivity contribution in [3.05, 3.63) is 29.3 Å². The number of anilines is 1. The highest BCUT2D eigenvalue weighted by Crippen LogP contribution is 2.14. The van der Waals surface area contributed by atoms with Gasteiger partial charge in [-0.05, 0) is 57.9 Å². The van der Waals surface area contributed by atoms with Crippen molar-refractivity contribution in [1.82, 2.24) is 5.32 Å². The lowest BCUT2D eigenvalue weighted by Gasteiger charge is -2.20. The lowest BCUT2D eigenvalue weighted by Crippen LogP contribution is -2.37. The van der Waals surface area contributed by atoms with Gasteiger partial charge in [0.05, 0.1) is 0 Å². The van der Waals surface area contributed by atoms with E-state index < -0.39 is 0 Å². The summed E-state index contributed by atoms with van der Waals surface area (Å²) in [7, 11) is 0. The molecule has 0 bridgehead atoms. The smallest absolute Gasteiger partial charge is 0.225 e. The maximum Gasteiger partial charge on any atom is 0.225 e. The van der Waals surface area contributed by atoms with Crippen molar-refractivity contribution in [3.63, 3.8) is 0 Å². The summed E-state index contributed by atoms with van der Waals surface area (Å²) in [6, 6.07) is 5.97. The van der Waals surface area contributed by atoms with E-state index in [0.29, 0.717) is 13.0 Å². The van der Waals surface area contributed by atoms with E-state index in [0.717, 1.165) is 5.69 Å². The predicted octanol–water partition coefficient (Wildman–Crippen LogP) is 3.02. The van der Waals surface area contributed by atoms with E-state index in [9.17, 15) is 4.79 Å². The number of hydrogen-bond donors (Lipinski definition) is 2. The van der Waals surface area contributed by atoms with Gasteiger partial charge in [-0.25, -0.2) is 0 Å². The first-order chi connectivity index (χ1) is 8.28. The van der Waals surface area contributed by atoms with Gasteiger partial charge >= 0.3 is 0 Å². The van der Waals surface area contributed by atoms with Crippen LogP contribution >= 0.6 is 0 Å². The van der Waals surface area contributed by atoms with Crippen LogP contribution in [0.5, 0.6) is 0 Å². The van der Waals surface area contributed by atoms with Crippen LogP contribution in [0.4, 0.5) is 5.69 Å². The molecule has 0 unspecified atom stereocenters. The van der Waals surface area contributed by atoms with Gasteiger partial charge < -0.3 is 10.6 Å². The number of benzene rings is 1. The number of hydrogen-bond acceptors (Lipinski definition) is 2. The first kappa shape index (κ1) is 14.7. The molecular formula is C15H24N2O. The van der Waals surface area contributed by atoms with Crippen LogP contribution in [0.15, 0.2) is 18.2 Å². The average molecular weight is 248 g/mol.